The molecule has 0 unspecified atom stereocenters. The van der Waals surface area contributed by atoms with E-state index in [0.717, 1.165) is 28.1 Å². The molecule has 1 N–H and O–H groups in total. The molecule has 7 heteroatoms. The van der Waals surface area contributed by atoms with Crippen LogP contribution in [0.1, 0.15) is 11.7 Å². The van der Waals surface area contributed by atoms with Gasteiger partial charge in [0.1, 0.15) is 17.6 Å². The van der Waals surface area contributed by atoms with Gasteiger partial charge in [0, 0.05) is 50.7 Å². The molecule has 0 aliphatic carbocycles. The molecular weight excluding hydrogens is 345 g/mol. The molecule has 138 valence electrons. The van der Waals surface area contributed by atoms with Crippen LogP contribution >= 0.6 is 0 Å². The molecule has 1 amide bonds. The summed E-state index contributed by atoms with van der Waals surface area (Å²) in [5.74, 6) is -0.312. The van der Waals surface area contributed by atoms with Crippen molar-refractivity contribution in [3.05, 3.63) is 60.3 Å². The Labute approximate surface area is 156 Å². The van der Waals surface area contributed by atoms with Crippen molar-refractivity contribution < 1.29 is 9.18 Å². The second-order valence-electron chi connectivity index (χ2n) is 6.74. The molecule has 3 aromatic rings. The van der Waals surface area contributed by atoms with Crippen LogP contribution in [0.5, 0.6) is 0 Å². The number of benzene rings is 1. The minimum Gasteiger partial charge on any atom is -0.347 e. The minimum atomic E-state index is -0.418. The van der Waals surface area contributed by atoms with E-state index in [1.165, 1.54) is 12.1 Å². The number of nitrogens with zero attached hydrogens (tertiary/aromatic N) is 4. The molecule has 1 aliphatic rings. The molecule has 0 spiro atoms. The summed E-state index contributed by atoms with van der Waals surface area (Å²) < 4.78 is 15.2. The summed E-state index contributed by atoms with van der Waals surface area (Å²) in [6.45, 7) is 1.12. The normalized spacial score (nSPS) is 16.0. The number of hydrogen-bond acceptors (Lipinski definition) is 4. The molecule has 0 saturated heterocycles. The number of carbonyl (C=O) groups excluding carboxylic acids is 1. The molecule has 0 bridgehead atoms. The lowest BCUT2D eigenvalue weighted by Gasteiger charge is -2.27. The van der Waals surface area contributed by atoms with Crippen LogP contribution in [0, 0.1) is 5.82 Å². The molecule has 1 aliphatic heterocycles. The summed E-state index contributed by atoms with van der Waals surface area (Å²) in [5, 5.41) is 8.13. The largest absolute Gasteiger partial charge is 0.347 e. The van der Waals surface area contributed by atoms with Crippen LogP contribution in [0.15, 0.2) is 48.8 Å². The van der Waals surface area contributed by atoms with E-state index >= 15 is 0 Å². The SMILES string of the molecule is CN(C)C(=O)[C@H]1CNCc2c(-c3ccncc3)c(-c3ccc(F)cc3)nn21. The minimum absolute atomic E-state index is 0.0158. The average molecular weight is 365 g/mol. The van der Waals surface area contributed by atoms with Crippen molar-refractivity contribution in [2.24, 2.45) is 0 Å². The predicted octanol–water partition coefficient (Wildman–Crippen LogP) is 2.48. The first-order valence-corrected chi connectivity index (χ1v) is 8.76. The maximum Gasteiger partial charge on any atom is 0.248 e. The van der Waals surface area contributed by atoms with Crippen LogP contribution in [0.2, 0.25) is 0 Å². The summed E-state index contributed by atoms with van der Waals surface area (Å²) in [4.78, 5) is 18.3. The van der Waals surface area contributed by atoms with Crippen molar-refractivity contribution in [2.45, 2.75) is 12.6 Å². The smallest absolute Gasteiger partial charge is 0.248 e. The molecule has 0 fully saturated rings. The zero-order chi connectivity index (χ0) is 19.0. The topological polar surface area (TPSA) is 63.1 Å². The molecule has 27 heavy (non-hydrogen) atoms. The lowest BCUT2D eigenvalue weighted by atomic mass is 9.99. The Kier molecular flexibility index (Phi) is 4.45. The maximum atomic E-state index is 13.4. The highest BCUT2D eigenvalue weighted by Crippen LogP contribution is 2.37. The van der Waals surface area contributed by atoms with Crippen molar-refractivity contribution >= 4 is 5.91 Å². The summed E-state index contributed by atoms with van der Waals surface area (Å²) in [7, 11) is 3.48. The van der Waals surface area contributed by atoms with Crippen LogP contribution < -0.4 is 5.32 Å². The number of rotatable bonds is 3. The zero-order valence-corrected chi connectivity index (χ0v) is 15.2. The number of hydrogen-bond donors (Lipinski definition) is 1. The summed E-state index contributed by atoms with van der Waals surface area (Å²) >= 11 is 0. The molecule has 0 radical (unpaired) electrons. The second kappa shape index (κ2) is 6.92. The zero-order valence-electron chi connectivity index (χ0n) is 15.2. The first kappa shape index (κ1) is 17.4. The van der Waals surface area contributed by atoms with Crippen molar-refractivity contribution in [3.63, 3.8) is 0 Å². The molecule has 6 nitrogen and oxygen atoms in total. The average Bonchev–Trinajstić information content (AvgIpc) is 3.08. The molecule has 0 saturated carbocycles. The molecule has 3 heterocycles. The fraction of sp³-hybridized carbons (Fsp3) is 0.250. The lowest BCUT2D eigenvalue weighted by molar-refractivity contribution is -0.132. The highest BCUT2D eigenvalue weighted by molar-refractivity contribution is 5.85. The number of fused-ring (bicyclic) bond motifs is 1. The van der Waals surface area contributed by atoms with Crippen LogP contribution in [-0.2, 0) is 11.3 Å². The number of aromatic nitrogens is 3. The van der Waals surface area contributed by atoms with Gasteiger partial charge >= 0.3 is 0 Å². The van der Waals surface area contributed by atoms with E-state index in [4.69, 9.17) is 5.10 Å². The number of carbonyl (C=O) groups is 1. The van der Waals surface area contributed by atoms with E-state index < -0.39 is 6.04 Å². The number of halogens is 1. The molecule has 1 atom stereocenters. The lowest BCUT2D eigenvalue weighted by Crippen LogP contribution is -2.42. The monoisotopic (exact) mass is 365 g/mol. The second-order valence-corrected chi connectivity index (χ2v) is 6.74. The van der Waals surface area contributed by atoms with Gasteiger partial charge in [0.15, 0.2) is 0 Å². The number of nitrogens with one attached hydrogen (secondary N) is 1. The van der Waals surface area contributed by atoms with Gasteiger partial charge in [0.2, 0.25) is 5.91 Å². The Morgan fingerprint density at radius 1 is 1.15 bits per heavy atom. The maximum absolute atomic E-state index is 13.4. The Balaban J connectivity index is 1.93. The van der Waals surface area contributed by atoms with Gasteiger partial charge in [-0.25, -0.2) is 4.39 Å². The standard InChI is InChI=1S/C20H20FN5O/c1-25(2)20(27)17-12-23-11-16-18(13-7-9-22-10-8-13)19(24-26(16)17)14-3-5-15(21)6-4-14/h3-10,17,23H,11-12H2,1-2H3/t17-/m1/s1. The van der Waals surface area contributed by atoms with Gasteiger partial charge in [0.25, 0.3) is 0 Å². The fourth-order valence-electron chi connectivity index (χ4n) is 3.43. The van der Waals surface area contributed by atoms with Crippen molar-refractivity contribution in [1.82, 2.24) is 25.0 Å². The number of pyridine rings is 1. The van der Waals surface area contributed by atoms with Gasteiger partial charge in [-0.3, -0.25) is 14.5 Å². The van der Waals surface area contributed by atoms with E-state index in [2.05, 4.69) is 10.3 Å². The highest BCUT2D eigenvalue weighted by Gasteiger charge is 2.32. The molecular formula is C20H20FN5O. The Hall–Kier alpha value is -3.06. The van der Waals surface area contributed by atoms with Gasteiger partial charge in [-0.05, 0) is 42.0 Å². The van der Waals surface area contributed by atoms with E-state index in [-0.39, 0.29) is 11.7 Å². The van der Waals surface area contributed by atoms with Crippen molar-refractivity contribution in [2.75, 3.05) is 20.6 Å². The summed E-state index contributed by atoms with van der Waals surface area (Å²) in [6.07, 6.45) is 3.46. The number of amides is 1. The fourth-order valence-corrected chi connectivity index (χ4v) is 3.43. The van der Waals surface area contributed by atoms with Gasteiger partial charge in [-0.1, -0.05) is 0 Å². The third-order valence-corrected chi connectivity index (χ3v) is 4.75. The number of likely N-dealkylation sites (N-methyl/N-ethyl adjacent to an activating group) is 1. The van der Waals surface area contributed by atoms with Crippen LogP contribution in [0.4, 0.5) is 4.39 Å². The van der Waals surface area contributed by atoms with E-state index in [1.807, 2.05) is 16.8 Å². The Morgan fingerprint density at radius 3 is 2.52 bits per heavy atom. The Morgan fingerprint density at radius 2 is 1.85 bits per heavy atom. The molecule has 2 aromatic heterocycles. The first-order chi connectivity index (χ1) is 13.1. The molecule has 1 aromatic carbocycles. The van der Waals surface area contributed by atoms with Crippen LogP contribution in [0.25, 0.3) is 22.4 Å². The van der Waals surface area contributed by atoms with E-state index in [9.17, 15) is 9.18 Å². The van der Waals surface area contributed by atoms with Gasteiger partial charge in [-0.2, -0.15) is 5.10 Å². The first-order valence-electron chi connectivity index (χ1n) is 8.76. The third kappa shape index (κ3) is 3.10. The summed E-state index contributed by atoms with van der Waals surface area (Å²) in [6, 6.07) is 9.69. The van der Waals surface area contributed by atoms with Gasteiger partial charge in [0.05, 0.1) is 5.69 Å². The predicted molar refractivity (Wildman–Crippen MR) is 100 cm³/mol. The van der Waals surface area contributed by atoms with E-state index in [0.29, 0.717) is 13.1 Å². The van der Waals surface area contributed by atoms with Gasteiger partial charge in [-0.15, -0.1) is 0 Å². The third-order valence-electron chi connectivity index (χ3n) is 4.75. The summed E-state index contributed by atoms with van der Waals surface area (Å²) in [5.41, 5.74) is 4.38. The van der Waals surface area contributed by atoms with E-state index in [1.54, 1.807) is 43.5 Å². The highest BCUT2D eigenvalue weighted by atomic mass is 19.1. The molecule has 4 rings (SSSR count). The quantitative estimate of drug-likeness (QED) is 0.775. The van der Waals surface area contributed by atoms with Gasteiger partial charge < -0.3 is 10.2 Å². The van der Waals surface area contributed by atoms with Crippen molar-refractivity contribution in [1.29, 1.82) is 0 Å². The Bertz CT molecular complexity index is 966. The van der Waals surface area contributed by atoms with Crippen LogP contribution in [-0.4, -0.2) is 46.2 Å². The van der Waals surface area contributed by atoms with Crippen molar-refractivity contribution in [3.8, 4) is 22.4 Å². The van der Waals surface area contributed by atoms with Crippen LogP contribution in [0.3, 0.4) is 0 Å².